The highest BCUT2D eigenvalue weighted by atomic mass is 79.9. The molecule has 0 saturated heterocycles. The topological polar surface area (TPSA) is 92.0 Å². The second kappa shape index (κ2) is 8.05. The number of halogens is 1. The summed E-state index contributed by atoms with van der Waals surface area (Å²) in [7, 11) is 1.56. The average molecular weight is 464 g/mol. The van der Waals surface area contributed by atoms with Gasteiger partial charge < -0.3 is 15.4 Å². The first-order valence-electron chi connectivity index (χ1n) is 9.18. The molecule has 1 amide bonds. The SMILES string of the molecule is COc1ccccc1NC(=O)C1=C(C)Nc2c(C#N)cnn2C1c1ccc(Br)cc1. The molecule has 0 radical (unpaired) electrons. The largest absolute Gasteiger partial charge is 0.495 e. The molecule has 150 valence electrons. The summed E-state index contributed by atoms with van der Waals surface area (Å²) in [6.07, 6.45) is 1.50. The van der Waals surface area contributed by atoms with Crippen molar-refractivity contribution < 1.29 is 9.53 Å². The van der Waals surface area contributed by atoms with Gasteiger partial charge in [0.15, 0.2) is 0 Å². The smallest absolute Gasteiger partial charge is 0.255 e. The van der Waals surface area contributed by atoms with Crippen molar-refractivity contribution >= 4 is 33.3 Å². The first-order chi connectivity index (χ1) is 14.5. The van der Waals surface area contributed by atoms with E-state index in [0.717, 1.165) is 10.0 Å². The molecule has 30 heavy (non-hydrogen) atoms. The lowest BCUT2D eigenvalue weighted by molar-refractivity contribution is -0.113. The number of allylic oxidation sites excluding steroid dienone is 1. The molecule has 0 aliphatic carbocycles. The van der Waals surface area contributed by atoms with Gasteiger partial charge in [-0.15, -0.1) is 0 Å². The second-order valence-electron chi connectivity index (χ2n) is 6.74. The highest BCUT2D eigenvalue weighted by Crippen LogP contribution is 2.38. The zero-order valence-electron chi connectivity index (χ0n) is 16.3. The van der Waals surface area contributed by atoms with Crippen molar-refractivity contribution in [2.45, 2.75) is 13.0 Å². The van der Waals surface area contributed by atoms with Crippen LogP contribution in [0.25, 0.3) is 0 Å². The van der Waals surface area contributed by atoms with Crippen LogP contribution in [0.5, 0.6) is 5.75 Å². The zero-order chi connectivity index (χ0) is 21.3. The van der Waals surface area contributed by atoms with Crippen molar-refractivity contribution in [1.29, 1.82) is 5.26 Å². The molecule has 1 aliphatic heterocycles. The molecule has 1 atom stereocenters. The van der Waals surface area contributed by atoms with Crippen molar-refractivity contribution in [2.75, 3.05) is 17.7 Å². The lowest BCUT2D eigenvalue weighted by Crippen LogP contribution is -2.31. The van der Waals surface area contributed by atoms with Gasteiger partial charge in [-0.05, 0) is 36.8 Å². The van der Waals surface area contributed by atoms with E-state index in [2.05, 4.69) is 37.7 Å². The molecular weight excluding hydrogens is 446 g/mol. The molecule has 0 saturated carbocycles. The first kappa shape index (κ1) is 19.7. The molecule has 3 aromatic rings. The molecule has 0 bridgehead atoms. The first-order valence-corrected chi connectivity index (χ1v) is 9.98. The van der Waals surface area contributed by atoms with E-state index in [1.807, 2.05) is 43.3 Å². The Morgan fingerprint density at radius 2 is 2.00 bits per heavy atom. The van der Waals surface area contributed by atoms with E-state index in [4.69, 9.17) is 4.74 Å². The Bertz CT molecular complexity index is 1190. The molecule has 1 unspecified atom stereocenters. The summed E-state index contributed by atoms with van der Waals surface area (Å²) in [5.74, 6) is 0.855. The number of carbonyl (C=O) groups is 1. The lowest BCUT2D eigenvalue weighted by Gasteiger charge is -2.30. The quantitative estimate of drug-likeness (QED) is 0.595. The predicted octanol–water partition coefficient (Wildman–Crippen LogP) is 4.45. The summed E-state index contributed by atoms with van der Waals surface area (Å²) < 4.78 is 7.96. The fraction of sp³-hybridized carbons (Fsp3) is 0.136. The fourth-order valence-electron chi connectivity index (χ4n) is 3.52. The zero-order valence-corrected chi connectivity index (χ0v) is 17.9. The van der Waals surface area contributed by atoms with Gasteiger partial charge in [0.2, 0.25) is 0 Å². The van der Waals surface area contributed by atoms with E-state index < -0.39 is 6.04 Å². The van der Waals surface area contributed by atoms with Crippen LogP contribution in [0.4, 0.5) is 11.5 Å². The summed E-state index contributed by atoms with van der Waals surface area (Å²) in [5.41, 5.74) is 3.02. The van der Waals surface area contributed by atoms with Crippen LogP contribution in [0.15, 0.2) is 70.5 Å². The molecule has 8 heteroatoms. The Morgan fingerprint density at radius 1 is 1.27 bits per heavy atom. The van der Waals surface area contributed by atoms with Crippen LogP contribution in [0.1, 0.15) is 24.1 Å². The number of hydrogen-bond acceptors (Lipinski definition) is 5. The number of ether oxygens (including phenoxy) is 1. The van der Waals surface area contributed by atoms with E-state index in [-0.39, 0.29) is 5.91 Å². The monoisotopic (exact) mass is 463 g/mol. The summed E-state index contributed by atoms with van der Waals surface area (Å²) in [6.45, 7) is 1.82. The van der Waals surface area contributed by atoms with Crippen molar-refractivity contribution in [3.05, 3.63) is 81.6 Å². The minimum Gasteiger partial charge on any atom is -0.495 e. The van der Waals surface area contributed by atoms with Gasteiger partial charge in [-0.1, -0.05) is 40.2 Å². The molecule has 7 nitrogen and oxygen atoms in total. The van der Waals surface area contributed by atoms with Gasteiger partial charge in [0.25, 0.3) is 5.91 Å². The van der Waals surface area contributed by atoms with Gasteiger partial charge >= 0.3 is 0 Å². The Morgan fingerprint density at radius 3 is 2.70 bits per heavy atom. The third kappa shape index (κ3) is 3.44. The molecule has 2 N–H and O–H groups in total. The highest BCUT2D eigenvalue weighted by molar-refractivity contribution is 9.10. The molecule has 0 spiro atoms. The maximum atomic E-state index is 13.4. The number of benzene rings is 2. The van der Waals surface area contributed by atoms with E-state index in [9.17, 15) is 10.1 Å². The number of nitriles is 1. The van der Waals surface area contributed by atoms with E-state index >= 15 is 0 Å². The van der Waals surface area contributed by atoms with Crippen LogP contribution in [-0.4, -0.2) is 22.8 Å². The van der Waals surface area contributed by atoms with Crippen LogP contribution < -0.4 is 15.4 Å². The van der Waals surface area contributed by atoms with Crippen LogP contribution in [0, 0.1) is 11.3 Å². The molecule has 2 aromatic carbocycles. The number of hydrogen-bond donors (Lipinski definition) is 2. The molecular formula is C22H18BrN5O2. The number of para-hydroxylation sites is 2. The summed E-state index contributed by atoms with van der Waals surface area (Å²) >= 11 is 3.45. The number of fused-ring (bicyclic) bond motifs is 1. The molecule has 4 rings (SSSR count). The van der Waals surface area contributed by atoms with Crippen molar-refractivity contribution in [2.24, 2.45) is 0 Å². The Kier molecular flexibility index (Phi) is 5.29. The van der Waals surface area contributed by atoms with Gasteiger partial charge in [0.05, 0.1) is 24.6 Å². The van der Waals surface area contributed by atoms with Gasteiger partial charge in [-0.25, -0.2) is 4.68 Å². The van der Waals surface area contributed by atoms with Crippen LogP contribution in [0.2, 0.25) is 0 Å². The van der Waals surface area contributed by atoms with Crippen molar-refractivity contribution in [3.8, 4) is 11.8 Å². The summed E-state index contributed by atoms with van der Waals surface area (Å²) in [4.78, 5) is 13.4. The number of anilines is 2. The van der Waals surface area contributed by atoms with E-state index in [0.29, 0.717) is 34.1 Å². The van der Waals surface area contributed by atoms with Gasteiger partial charge in [-0.2, -0.15) is 10.4 Å². The molecule has 1 aromatic heterocycles. The minimum absolute atomic E-state index is 0.280. The van der Waals surface area contributed by atoms with Crippen LogP contribution >= 0.6 is 15.9 Å². The van der Waals surface area contributed by atoms with Crippen LogP contribution in [-0.2, 0) is 4.79 Å². The van der Waals surface area contributed by atoms with Crippen LogP contribution in [0.3, 0.4) is 0 Å². The molecule has 2 heterocycles. The maximum absolute atomic E-state index is 13.4. The summed E-state index contributed by atoms with van der Waals surface area (Å²) in [5, 5.41) is 19.9. The highest BCUT2D eigenvalue weighted by Gasteiger charge is 2.34. The fourth-order valence-corrected chi connectivity index (χ4v) is 3.79. The third-order valence-corrected chi connectivity index (χ3v) is 5.46. The second-order valence-corrected chi connectivity index (χ2v) is 7.65. The molecule has 0 fully saturated rings. The predicted molar refractivity (Wildman–Crippen MR) is 117 cm³/mol. The number of methoxy groups -OCH3 is 1. The lowest BCUT2D eigenvalue weighted by atomic mass is 9.94. The van der Waals surface area contributed by atoms with Gasteiger partial charge in [0, 0.05) is 10.2 Å². The number of amides is 1. The third-order valence-electron chi connectivity index (χ3n) is 4.93. The van der Waals surface area contributed by atoms with Gasteiger partial charge in [-0.3, -0.25) is 4.79 Å². The maximum Gasteiger partial charge on any atom is 0.255 e. The summed E-state index contributed by atoms with van der Waals surface area (Å²) in [6, 6.07) is 16.6. The number of nitrogens with zero attached hydrogens (tertiary/aromatic N) is 3. The normalized spacial score (nSPS) is 15.1. The van der Waals surface area contributed by atoms with E-state index in [1.165, 1.54) is 6.20 Å². The standard InChI is InChI=1S/C22H18BrN5O2/c1-13-19(22(29)27-17-5-3-4-6-18(17)30-2)20(14-7-9-16(23)10-8-14)28-21(26-13)15(11-24)12-25-28/h3-10,12,20,26H,1-2H3,(H,27,29). The number of rotatable bonds is 4. The minimum atomic E-state index is -0.494. The van der Waals surface area contributed by atoms with Gasteiger partial charge in [0.1, 0.15) is 29.2 Å². The Hall–Kier alpha value is -3.57. The van der Waals surface area contributed by atoms with Crippen molar-refractivity contribution in [1.82, 2.24) is 9.78 Å². The van der Waals surface area contributed by atoms with Crippen molar-refractivity contribution in [3.63, 3.8) is 0 Å². The van der Waals surface area contributed by atoms with E-state index in [1.54, 1.807) is 23.9 Å². The average Bonchev–Trinajstić information content (AvgIpc) is 3.16. The number of aromatic nitrogens is 2. The number of carbonyl (C=O) groups excluding carboxylic acids is 1. The Balaban J connectivity index is 1.81. The molecule has 1 aliphatic rings. The number of nitrogens with one attached hydrogen (secondary N) is 2. The Labute approximate surface area is 182 Å².